The molecule has 2 aromatic carbocycles. The Hall–Kier alpha value is -3.35. The minimum atomic E-state index is -0.515. The Morgan fingerprint density at radius 1 is 1.11 bits per heavy atom. The molecule has 7 nitrogen and oxygen atoms in total. The van der Waals surface area contributed by atoms with Gasteiger partial charge in [0.25, 0.3) is 0 Å². The third kappa shape index (κ3) is 4.44. The zero-order valence-electron chi connectivity index (χ0n) is 15.1. The fraction of sp³-hybridized carbons (Fsp3) is 0.250. The Kier molecular flexibility index (Phi) is 5.40. The number of anilines is 3. The Bertz CT molecular complexity index is 864. The van der Waals surface area contributed by atoms with Crippen LogP contribution in [0.3, 0.4) is 0 Å². The highest BCUT2D eigenvalue weighted by Crippen LogP contribution is 2.24. The van der Waals surface area contributed by atoms with Crippen LogP contribution < -0.4 is 21.3 Å². The number of carbonyl (C=O) groups excluding carboxylic acids is 3. The first-order valence-electron chi connectivity index (χ1n) is 8.82. The van der Waals surface area contributed by atoms with Gasteiger partial charge in [0.15, 0.2) is 0 Å². The van der Waals surface area contributed by atoms with Crippen LogP contribution in [-0.4, -0.2) is 30.3 Å². The van der Waals surface area contributed by atoms with E-state index in [0.29, 0.717) is 17.7 Å². The van der Waals surface area contributed by atoms with Gasteiger partial charge >= 0.3 is 0 Å². The minimum absolute atomic E-state index is 0.123. The summed E-state index contributed by atoms with van der Waals surface area (Å²) >= 11 is 0. The summed E-state index contributed by atoms with van der Waals surface area (Å²) in [5, 5.41) is 5.93. The van der Waals surface area contributed by atoms with Crippen LogP contribution in [0.15, 0.2) is 48.5 Å². The maximum atomic E-state index is 12.4. The van der Waals surface area contributed by atoms with E-state index in [1.807, 2.05) is 24.3 Å². The molecule has 7 heteroatoms. The number of amides is 3. The van der Waals surface area contributed by atoms with Gasteiger partial charge in [0.05, 0.1) is 0 Å². The van der Waals surface area contributed by atoms with Gasteiger partial charge in [-0.1, -0.05) is 6.07 Å². The first kappa shape index (κ1) is 18.4. The Morgan fingerprint density at radius 2 is 1.85 bits per heavy atom. The second-order valence-electron chi connectivity index (χ2n) is 6.50. The summed E-state index contributed by atoms with van der Waals surface area (Å²) in [6, 6.07) is 13.4. The van der Waals surface area contributed by atoms with E-state index < -0.39 is 11.9 Å². The lowest BCUT2D eigenvalue weighted by atomic mass is 10.2. The van der Waals surface area contributed by atoms with Crippen molar-refractivity contribution in [2.75, 3.05) is 22.1 Å². The minimum Gasteiger partial charge on any atom is -0.374 e. The highest BCUT2D eigenvalue weighted by atomic mass is 16.2. The molecule has 3 amide bonds. The van der Waals surface area contributed by atoms with Crippen molar-refractivity contribution in [3.8, 4) is 0 Å². The summed E-state index contributed by atoms with van der Waals surface area (Å²) in [4.78, 5) is 37.1. The van der Waals surface area contributed by atoms with Crippen molar-refractivity contribution in [3.63, 3.8) is 0 Å². The van der Waals surface area contributed by atoms with Crippen LogP contribution in [0, 0.1) is 0 Å². The maximum Gasteiger partial charge on any atom is 0.248 e. The van der Waals surface area contributed by atoms with Gasteiger partial charge in [-0.05, 0) is 55.8 Å². The van der Waals surface area contributed by atoms with Crippen molar-refractivity contribution in [1.29, 1.82) is 0 Å². The average Bonchev–Trinajstić information content (AvgIpc) is 3.08. The highest BCUT2D eigenvalue weighted by molar-refractivity contribution is 5.98. The standard InChI is InChI=1S/C20H22N4O3/c1-13(20(27)23-15-9-7-14(8-10-15)19(21)26)22-16-4-2-5-17(12-16)24-11-3-6-18(24)25/h2,4-5,7-10,12-13,22H,3,6,11H2,1H3,(H2,21,26)(H,23,27)/t13-/m1/s1. The molecule has 1 fully saturated rings. The number of benzene rings is 2. The monoisotopic (exact) mass is 366 g/mol. The molecule has 1 aliphatic heterocycles. The van der Waals surface area contributed by atoms with E-state index in [9.17, 15) is 14.4 Å². The molecule has 140 valence electrons. The first-order valence-corrected chi connectivity index (χ1v) is 8.82. The molecule has 1 heterocycles. The lowest BCUT2D eigenvalue weighted by molar-refractivity contribution is -0.117. The van der Waals surface area contributed by atoms with Crippen LogP contribution in [0.2, 0.25) is 0 Å². The molecular formula is C20H22N4O3. The lowest BCUT2D eigenvalue weighted by Gasteiger charge is -2.19. The topological polar surface area (TPSA) is 105 Å². The van der Waals surface area contributed by atoms with Crippen LogP contribution >= 0.6 is 0 Å². The van der Waals surface area contributed by atoms with E-state index in [-0.39, 0.29) is 11.8 Å². The van der Waals surface area contributed by atoms with Gasteiger partial charge in [-0.2, -0.15) is 0 Å². The summed E-state index contributed by atoms with van der Waals surface area (Å²) < 4.78 is 0. The summed E-state index contributed by atoms with van der Waals surface area (Å²) in [6.07, 6.45) is 1.44. The molecule has 0 saturated carbocycles. The van der Waals surface area contributed by atoms with Crippen molar-refractivity contribution >= 4 is 34.8 Å². The number of nitrogens with two attached hydrogens (primary N) is 1. The van der Waals surface area contributed by atoms with Crippen molar-refractivity contribution in [1.82, 2.24) is 0 Å². The lowest BCUT2D eigenvalue weighted by Crippen LogP contribution is -2.32. The van der Waals surface area contributed by atoms with Crippen LogP contribution in [0.5, 0.6) is 0 Å². The Balaban J connectivity index is 1.62. The second kappa shape index (κ2) is 7.90. The van der Waals surface area contributed by atoms with Gasteiger partial charge in [0.1, 0.15) is 6.04 Å². The molecule has 2 aromatic rings. The average molecular weight is 366 g/mol. The van der Waals surface area contributed by atoms with Gasteiger partial charge in [0, 0.05) is 35.6 Å². The molecule has 3 rings (SSSR count). The van der Waals surface area contributed by atoms with Crippen molar-refractivity contribution in [2.24, 2.45) is 5.73 Å². The molecular weight excluding hydrogens is 344 g/mol. The smallest absolute Gasteiger partial charge is 0.248 e. The number of carbonyl (C=O) groups is 3. The third-order valence-corrected chi connectivity index (χ3v) is 4.44. The predicted molar refractivity (Wildman–Crippen MR) is 105 cm³/mol. The quantitative estimate of drug-likeness (QED) is 0.730. The molecule has 0 bridgehead atoms. The van der Waals surface area contributed by atoms with Crippen LogP contribution in [0.4, 0.5) is 17.1 Å². The van der Waals surface area contributed by atoms with E-state index in [4.69, 9.17) is 5.73 Å². The van der Waals surface area contributed by atoms with E-state index in [1.165, 1.54) is 0 Å². The van der Waals surface area contributed by atoms with E-state index in [1.54, 1.807) is 36.1 Å². The summed E-state index contributed by atoms with van der Waals surface area (Å²) in [6.45, 7) is 2.47. The normalized spacial score (nSPS) is 14.7. The summed E-state index contributed by atoms with van der Waals surface area (Å²) in [5.74, 6) is -0.610. The molecule has 27 heavy (non-hydrogen) atoms. The summed E-state index contributed by atoms with van der Waals surface area (Å²) in [7, 11) is 0. The predicted octanol–water partition coefficient (Wildman–Crippen LogP) is 2.35. The zero-order chi connectivity index (χ0) is 19.4. The Labute approximate surface area is 157 Å². The van der Waals surface area contributed by atoms with Gasteiger partial charge in [-0.15, -0.1) is 0 Å². The highest BCUT2D eigenvalue weighted by Gasteiger charge is 2.22. The maximum absolute atomic E-state index is 12.4. The van der Waals surface area contributed by atoms with E-state index in [0.717, 1.165) is 24.3 Å². The SMILES string of the molecule is C[C@@H](Nc1cccc(N2CCCC2=O)c1)C(=O)Nc1ccc(C(N)=O)cc1. The third-order valence-electron chi connectivity index (χ3n) is 4.44. The molecule has 0 spiro atoms. The largest absolute Gasteiger partial charge is 0.374 e. The first-order chi connectivity index (χ1) is 12.9. The molecule has 1 atom stereocenters. The van der Waals surface area contributed by atoms with Crippen LogP contribution in [-0.2, 0) is 9.59 Å². The molecule has 0 unspecified atom stereocenters. The number of hydrogen-bond donors (Lipinski definition) is 3. The summed E-state index contributed by atoms with van der Waals surface area (Å²) in [5.41, 5.74) is 7.76. The fourth-order valence-corrected chi connectivity index (χ4v) is 2.97. The second-order valence-corrected chi connectivity index (χ2v) is 6.50. The van der Waals surface area contributed by atoms with Gasteiger partial charge in [0.2, 0.25) is 17.7 Å². The van der Waals surface area contributed by atoms with Crippen LogP contribution in [0.1, 0.15) is 30.1 Å². The van der Waals surface area contributed by atoms with Crippen molar-refractivity contribution < 1.29 is 14.4 Å². The van der Waals surface area contributed by atoms with Crippen molar-refractivity contribution in [2.45, 2.75) is 25.8 Å². The number of hydrogen-bond acceptors (Lipinski definition) is 4. The molecule has 1 aliphatic rings. The molecule has 0 aliphatic carbocycles. The number of primary amides is 1. The molecule has 0 radical (unpaired) electrons. The number of nitrogens with one attached hydrogen (secondary N) is 2. The fourth-order valence-electron chi connectivity index (χ4n) is 2.97. The molecule has 0 aromatic heterocycles. The Morgan fingerprint density at radius 3 is 2.48 bits per heavy atom. The molecule has 4 N–H and O–H groups in total. The zero-order valence-corrected chi connectivity index (χ0v) is 15.1. The molecule has 1 saturated heterocycles. The van der Waals surface area contributed by atoms with E-state index in [2.05, 4.69) is 10.6 Å². The number of nitrogens with zero attached hydrogens (tertiary/aromatic N) is 1. The van der Waals surface area contributed by atoms with E-state index >= 15 is 0 Å². The van der Waals surface area contributed by atoms with Gasteiger partial charge in [-0.3, -0.25) is 14.4 Å². The van der Waals surface area contributed by atoms with Gasteiger partial charge in [-0.25, -0.2) is 0 Å². The van der Waals surface area contributed by atoms with Gasteiger partial charge < -0.3 is 21.3 Å². The number of rotatable bonds is 6. The van der Waals surface area contributed by atoms with Crippen molar-refractivity contribution in [3.05, 3.63) is 54.1 Å². The van der Waals surface area contributed by atoms with Crippen LogP contribution in [0.25, 0.3) is 0 Å².